The van der Waals surface area contributed by atoms with Crippen LogP contribution in [0.4, 0.5) is 0 Å². The number of piperidine rings is 1. The van der Waals surface area contributed by atoms with E-state index in [1.807, 2.05) is 0 Å². The van der Waals surface area contributed by atoms with Crippen LogP contribution in [0.25, 0.3) is 0 Å². The lowest BCUT2D eigenvalue weighted by Gasteiger charge is -2.45. The van der Waals surface area contributed by atoms with Crippen LogP contribution in [0.1, 0.15) is 58.8 Å². The first-order valence-corrected chi connectivity index (χ1v) is 7.41. The molecule has 17 heavy (non-hydrogen) atoms. The van der Waals surface area contributed by atoms with Crippen LogP contribution < -0.4 is 0 Å². The molecule has 1 aliphatic carbocycles. The average molecular weight is 234 g/mol. The molecule has 0 spiro atoms. The summed E-state index contributed by atoms with van der Waals surface area (Å²) in [7, 11) is 0. The molecule has 4 atom stereocenters. The summed E-state index contributed by atoms with van der Waals surface area (Å²) in [6.07, 6.45) is 8.93. The van der Waals surface area contributed by atoms with Gasteiger partial charge in [0.15, 0.2) is 0 Å². The first-order valence-electron chi connectivity index (χ1n) is 7.41. The number of likely N-dealkylation sites (tertiary alicyclic amines) is 1. The van der Waals surface area contributed by atoms with Crippen LogP contribution in [-0.2, 0) is 0 Å². The maximum Gasteiger partial charge on any atom is 0.0672 e. The number of nitriles is 1. The molecule has 2 heteroatoms. The summed E-state index contributed by atoms with van der Waals surface area (Å²) in [4.78, 5) is 2.69. The van der Waals surface area contributed by atoms with Crippen molar-refractivity contribution in [3.05, 3.63) is 0 Å². The van der Waals surface area contributed by atoms with E-state index in [0.29, 0.717) is 12.0 Å². The maximum absolute atomic E-state index is 9.36. The van der Waals surface area contributed by atoms with E-state index in [4.69, 9.17) is 0 Å². The molecule has 0 radical (unpaired) electrons. The Morgan fingerprint density at radius 2 is 2.06 bits per heavy atom. The second-order valence-corrected chi connectivity index (χ2v) is 6.02. The van der Waals surface area contributed by atoms with Crippen molar-refractivity contribution in [2.45, 2.75) is 70.9 Å². The van der Waals surface area contributed by atoms with Crippen molar-refractivity contribution in [1.82, 2.24) is 4.90 Å². The number of hydrogen-bond donors (Lipinski definition) is 0. The smallest absolute Gasteiger partial charge is 0.0672 e. The molecular formula is C15H26N2. The molecule has 2 rings (SSSR count). The van der Waals surface area contributed by atoms with Gasteiger partial charge < -0.3 is 0 Å². The SMILES string of the molecule is CCC1CCCCN1C1CC(C)CCC1C#N. The highest BCUT2D eigenvalue weighted by Gasteiger charge is 2.36. The van der Waals surface area contributed by atoms with Crippen LogP contribution in [0.2, 0.25) is 0 Å². The summed E-state index contributed by atoms with van der Waals surface area (Å²) in [5.74, 6) is 1.10. The van der Waals surface area contributed by atoms with E-state index in [1.165, 1.54) is 45.1 Å². The molecule has 2 fully saturated rings. The molecule has 0 N–H and O–H groups in total. The lowest BCUT2D eigenvalue weighted by atomic mass is 9.77. The van der Waals surface area contributed by atoms with Crippen molar-refractivity contribution < 1.29 is 0 Å². The van der Waals surface area contributed by atoms with Gasteiger partial charge in [-0.2, -0.15) is 5.26 Å². The summed E-state index contributed by atoms with van der Waals surface area (Å²) in [6, 6.07) is 3.87. The van der Waals surface area contributed by atoms with E-state index in [9.17, 15) is 5.26 Å². The van der Waals surface area contributed by atoms with Gasteiger partial charge in [0.2, 0.25) is 0 Å². The van der Waals surface area contributed by atoms with Crippen LogP contribution in [0.3, 0.4) is 0 Å². The Hall–Kier alpha value is -0.550. The van der Waals surface area contributed by atoms with Gasteiger partial charge >= 0.3 is 0 Å². The predicted molar refractivity (Wildman–Crippen MR) is 70.5 cm³/mol. The van der Waals surface area contributed by atoms with Gasteiger partial charge in [0.1, 0.15) is 0 Å². The minimum atomic E-state index is 0.290. The Labute approximate surface area is 106 Å². The Morgan fingerprint density at radius 1 is 1.24 bits per heavy atom. The largest absolute Gasteiger partial charge is 0.296 e. The van der Waals surface area contributed by atoms with E-state index < -0.39 is 0 Å². The zero-order valence-electron chi connectivity index (χ0n) is 11.4. The third-order valence-corrected chi connectivity index (χ3v) is 4.81. The van der Waals surface area contributed by atoms with Crippen LogP contribution in [-0.4, -0.2) is 23.5 Å². The van der Waals surface area contributed by atoms with E-state index in [2.05, 4.69) is 24.8 Å². The fraction of sp³-hybridized carbons (Fsp3) is 0.933. The minimum Gasteiger partial charge on any atom is -0.296 e. The molecule has 2 nitrogen and oxygen atoms in total. The lowest BCUT2D eigenvalue weighted by Crippen LogP contribution is -2.51. The van der Waals surface area contributed by atoms with Gasteiger partial charge in [0.05, 0.1) is 12.0 Å². The molecule has 1 saturated carbocycles. The van der Waals surface area contributed by atoms with Crippen molar-refractivity contribution in [1.29, 1.82) is 5.26 Å². The summed E-state index contributed by atoms with van der Waals surface area (Å²) in [5, 5.41) is 9.36. The molecule has 0 aromatic carbocycles. The van der Waals surface area contributed by atoms with Crippen molar-refractivity contribution >= 4 is 0 Å². The number of nitrogens with zero attached hydrogens (tertiary/aromatic N) is 2. The predicted octanol–water partition coefficient (Wildman–Crippen LogP) is 3.58. The fourth-order valence-electron chi connectivity index (χ4n) is 3.77. The molecule has 0 bridgehead atoms. The molecule has 1 aliphatic heterocycles. The fourth-order valence-corrected chi connectivity index (χ4v) is 3.77. The van der Waals surface area contributed by atoms with Gasteiger partial charge in [-0.25, -0.2) is 0 Å². The average Bonchev–Trinajstić information content (AvgIpc) is 2.38. The van der Waals surface area contributed by atoms with Crippen LogP contribution in [0.5, 0.6) is 0 Å². The highest BCUT2D eigenvalue weighted by Crippen LogP contribution is 2.35. The van der Waals surface area contributed by atoms with E-state index in [0.717, 1.165) is 18.4 Å². The summed E-state index contributed by atoms with van der Waals surface area (Å²) in [6.45, 7) is 5.89. The highest BCUT2D eigenvalue weighted by atomic mass is 15.2. The highest BCUT2D eigenvalue weighted by molar-refractivity contribution is 4.99. The summed E-state index contributed by atoms with van der Waals surface area (Å²) >= 11 is 0. The van der Waals surface area contributed by atoms with Gasteiger partial charge in [0, 0.05) is 12.1 Å². The number of hydrogen-bond acceptors (Lipinski definition) is 2. The molecule has 0 aromatic heterocycles. The van der Waals surface area contributed by atoms with Gasteiger partial charge in [-0.05, 0) is 51.0 Å². The third-order valence-electron chi connectivity index (χ3n) is 4.81. The van der Waals surface area contributed by atoms with Gasteiger partial charge in [0.25, 0.3) is 0 Å². The second-order valence-electron chi connectivity index (χ2n) is 6.02. The monoisotopic (exact) mass is 234 g/mol. The zero-order valence-corrected chi connectivity index (χ0v) is 11.4. The molecule has 96 valence electrons. The molecule has 2 aliphatic rings. The van der Waals surface area contributed by atoms with Crippen LogP contribution in [0, 0.1) is 23.2 Å². The molecule has 1 saturated heterocycles. The topological polar surface area (TPSA) is 27.0 Å². The third kappa shape index (κ3) is 2.83. The maximum atomic E-state index is 9.36. The van der Waals surface area contributed by atoms with Crippen molar-refractivity contribution in [3.63, 3.8) is 0 Å². The summed E-state index contributed by atoms with van der Waals surface area (Å²) in [5.41, 5.74) is 0. The molecule has 1 heterocycles. The lowest BCUT2D eigenvalue weighted by molar-refractivity contribution is 0.0394. The number of rotatable bonds is 2. The van der Waals surface area contributed by atoms with Crippen molar-refractivity contribution in [2.75, 3.05) is 6.54 Å². The van der Waals surface area contributed by atoms with Crippen molar-refractivity contribution in [2.24, 2.45) is 11.8 Å². The first-order chi connectivity index (χ1) is 8.26. The Morgan fingerprint density at radius 3 is 2.76 bits per heavy atom. The second kappa shape index (κ2) is 5.87. The van der Waals surface area contributed by atoms with Crippen LogP contribution >= 0.6 is 0 Å². The Bertz CT molecular complexity index is 281. The van der Waals surface area contributed by atoms with Gasteiger partial charge in [-0.15, -0.1) is 0 Å². The van der Waals surface area contributed by atoms with E-state index in [1.54, 1.807) is 0 Å². The molecule has 0 aromatic rings. The van der Waals surface area contributed by atoms with E-state index in [-0.39, 0.29) is 0 Å². The first kappa shape index (κ1) is 12.9. The molecular weight excluding hydrogens is 208 g/mol. The summed E-state index contributed by atoms with van der Waals surface area (Å²) < 4.78 is 0. The zero-order chi connectivity index (χ0) is 12.3. The Kier molecular flexibility index (Phi) is 4.45. The standard InChI is InChI=1S/C15H26N2/c1-3-14-6-4-5-9-17(14)15-10-12(2)7-8-13(15)11-16/h12-15H,3-10H2,1-2H3. The van der Waals surface area contributed by atoms with Crippen molar-refractivity contribution in [3.8, 4) is 6.07 Å². The normalized spacial score (nSPS) is 39.8. The molecule has 4 unspecified atom stereocenters. The Balaban J connectivity index is 2.08. The quantitative estimate of drug-likeness (QED) is 0.730. The van der Waals surface area contributed by atoms with E-state index >= 15 is 0 Å². The van der Waals surface area contributed by atoms with Gasteiger partial charge in [-0.3, -0.25) is 4.90 Å². The van der Waals surface area contributed by atoms with Gasteiger partial charge in [-0.1, -0.05) is 20.3 Å². The van der Waals surface area contributed by atoms with Crippen LogP contribution in [0.15, 0.2) is 0 Å². The minimum absolute atomic E-state index is 0.290. The molecule has 0 amide bonds.